The van der Waals surface area contributed by atoms with Crippen molar-refractivity contribution in [2.75, 3.05) is 6.54 Å². The van der Waals surface area contributed by atoms with Crippen molar-refractivity contribution in [1.29, 1.82) is 0 Å². The Bertz CT molecular complexity index is 413. The second-order valence-corrected chi connectivity index (χ2v) is 7.55. The van der Waals surface area contributed by atoms with Crippen LogP contribution in [0, 0.1) is 25.7 Å². The van der Waals surface area contributed by atoms with Gasteiger partial charge in [-0.1, -0.05) is 33.1 Å². The molecule has 114 valence electrons. The second kappa shape index (κ2) is 7.56. The Morgan fingerprint density at radius 1 is 1.30 bits per heavy atom. The van der Waals surface area contributed by atoms with Gasteiger partial charge in [-0.2, -0.15) is 0 Å². The Hall–Kier alpha value is -0.410. The fourth-order valence-electron chi connectivity index (χ4n) is 3.61. The molecule has 1 heterocycles. The van der Waals surface area contributed by atoms with Crippen LogP contribution in [-0.4, -0.2) is 11.5 Å². The standard InChI is InChI=1S/C17H30N2S/c1-5-10-18-16(17-12(3)19-13(4)20-17)15-9-7-8-14(6-2)11-15/h14-16,18H,5-11H2,1-4H3. The van der Waals surface area contributed by atoms with Crippen molar-refractivity contribution < 1.29 is 0 Å². The van der Waals surface area contributed by atoms with Crippen molar-refractivity contribution >= 4 is 11.3 Å². The Labute approximate surface area is 128 Å². The number of nitrogens with one attached hydrogen (secondary N) is 1. The summed E-state index contributed by atoms with van der Waals surface area (Å²) >= 11 is 1.90. The summed E-state index contributed by atoms with van der Waals surface area (Å²) in [7, 11) is 0. The number of hydrogen-bond donors (Lipinski definition) is 1. The summed E-state index contributed by atoms with van der Waals surface area (Å²) in [6.45, 7) is 10.0. The lowest BCUT2D eigenvalue weighted by Gasteiger charge is -2.34. The number of rotatable bonds is 6. The third-order valence-electron chi connectivity index (χ3n) is 4.71. The van der Waals surface area contributed by atoms with E-state index in [-0.39, 0.29) is 0 Å². The smallest absolute Gasteiger partial charge is 0.0900 e. The van der Waals surface area contributed by atoms with E-state index in [2.05, 4.69) is 38.0 Å². The lowest BCUT2D eigenvalue weighted by Crippen LogP contribution is -2.32. The van der Waals surface area contributed by atoms with Crippen LogP contribution in [0.2, 0.25) is 0 Å². The van der Waals surface area contributed by atoms with Gasteiger partial charge in [0.05, 0.1) is 10.7 Å². The molecule has 0 bridgehead atoms. The van der Waals surface area contributed by atoms with Crippen LogP contribution in [-0.2, 0) is 0 Å². The summed E-state index contributed by atoms with van der Waals surface area (Å²) < 4.78 is 0. The number of hydrogen-bond acceptors (Lipinski definition) is 3. The Balaban J connectivity index is 2.16. The molecule has 1 aromatic heterocycles. The van der Waals surface area contributed by atoms with Crippen molar-refractivity contribution in [2.45, 2.75) is 72.3 Å². The van der Waals surface area contributed by atoms with Crippen molar-refractivity contribution in [2.24, 2.45) is 11.8 Å². The van der Waals surface area contributed by atoms with E-state index in [0.717, 1.165) is 18.4 Å². The molecule has 1 saturated carbocycles. The zero-order valence-corrected chi connectivity index (χ0v) is 14.4. The van der Waals surface area contributed by atoms with E-state index < -0.39 is 0 Å². The van der Waals surface area contributed by atoms with E-state index in [9.17, 15) is 0 Å². The first-order valence-electron chi connectivity index (χ1n) is 8.33. The van der Waals surface area contributed by atoms with Crippen LogP contribution in [0.3, 0.4) is 0 Å². The minimum Gasteiger partial charge on any atom is -0.309 e. The van der Waals surface area contributed by atoms with E-state index in [0.29, 0.717) is 6.04 Å². The molecule has 1 aliphatic rings. The van der Waals surface area contributed by atoms with Gasteiger partial charge >= 0.3 is 0 Å². The molecule has 1 fully saturated rings. The maximum absolute atomic E-state index is 4.65. The van der Waals surface area contributed by atoms with Gasteiger partial charge in [0.15, 0.2) is 0 Å². The molecule has 3 unspecified atom stereocenters. The molecule has 1 aliphatic carbocycles. The zero-order valence-electron chi connectivity index (χ0n) is 13.5. The van der Waals surface area contributed by atoms with E-state index in [1.54, 1.807) is 0 Å². The molecule has 0 radical (unpaired) electrons. The van der Waals surface area contributed by atoms with Crippen molar-refractivity contribution in [3.05, 3.63) is 15.6 Å². The van der Waals surface area contributed by atoms with Gasteiger partial charge in [-0.3, -0.25) is 0 Å². The summed E-state index contributed by atoms with van der Waals surface area (Å²) in [5.74, 6) is 1.74. The number of aromatic nitrogens is 1. The molecular weight excluding hydrogens is 264 g/mol. The predicted molar refractivity (Wildman–Crippen MR) is 88.4 cm³/mol. The van der Waals surface area contributed by atoms with E-state index in [1.165, 1.54) is 54.1 Å². The topological polar surface area (TPSA) is 24.9 Å². The number of aryl methyl sites for hydroxylation is 2. The van der Waals surface area contributed by atoms with Crippen molar-refractivity contribution in [3.8, 4) is 0 Å². The van der Waals surface area contributed by atoms with Gasteiger partial charge in [0, 0.05) is 10.9 Å². The number of nitrogens with zero attached hydrogens (tertiary/aromatic N) is 1. The van der Waals surface area contributed by atoms with Gasteiger partial charge in [-0.25, -0.2) is 4.98 Å². The van der Waals surface area contributed by atoms with Crippen LogP contribution in [0.25, 0.3) is 0 Å². The van der Waals surface area contributed by atoms with Crippen LogP contribution in [0.4, 0.5) is 0 Å². The molecule has 20 heavy (non-hydrogen) atoms. The molecule has 2 nitrogen and oxygen atoms in total. The largest absolute Gasteiger partial charge is 0.309 e. The normalized spacial score (nSPS) is 24.8. The van der Waals surface area contributed by atoms with Gasteiger partial charge < -0.3 is 5.32 Å². The van der Waals surface area contributed by atoms with Crippen LogP contribution in [0.5, 0.6) is 0 Å². The lowest BCUT2D eigenvalue weighted by molar-refractivity contribution is 0.210. The van der Waals surface area contributed by atoms with E-state index >= 15 is 0 Å². The molecule has 1 N–H and O–H groups in total. The SMILES string of the molecule is CCCNC(c1sc(C)nc1C)C1CCCC(CC)C1. The molecule has 0 aliphatic heterocycles. The van der Waals surface area contributed by atoms with Gasteiger partial charge in [0.25, 0.3) is 0 Å². The highest BCUT2D eigenvalue weighted by atomic mass is 32.1. The quantitative estimate of drug-likeness (QED) is 0.797. The van der Waals surface area contributed by atoms with Crippen molar-refractivity contribution in [1.82, 2.24) is 10.3 Å². The van der Waals surface area contributed by atoms with E-state index in [1.807, 2.05) is 11.3 Å². The third-order valence-corrected chi connectivity index (χ3v) is 5.86. The van der Waals surface area contributed by atoms with Crippen LogP contribution < -0.4 is 5.32 Å². The Morgan fingerprint density at radius 2 is 2.10 bits per heavy atom. The molecular formula is C17H30N2S. The van der Waals surface area contributed by atoms with Gasteiger partial charge in [-0.05, 0) is 51.5 Å². The molecule has 3 atom stereocenters. The molecule has 3 heteroatoms. The highest BCUT2D eigenvalue weighted by Crippen LogP contribution is 2.40. The van der Waals surface area contributed by atoms with Gasteiger partial charge in [0.1, 0.15) is 0 Å². The fraction of sp³-hybridized carbons (Fsp3) is 0.824. The zero-order chi connectivity index (χ0) is 14.5. The molecule has 0 aromatic carbocycles. The molecule has 0 saturated heterocycles. The first-order chi connectivity index (χ1) is 9.65. The lowest BCUT2D eigenvalue weighted by atomic mass is 9.76. The van der Waals surface area contributed by atoms with Gasteiger partial charge in [-0.15, -0.1) is 11.3 Å². The monoisotopic (exact) mass is 294 g/mol. The molecule has 0 amide bonds. The van der Waals surface area contributed by atoms with Gasteiger partial charge in [0.2, 0.25) is 0 Å². The average Bonchev–Trinajstić information content (AvgIpc) is 2.78. The highest BCUT2D eigenvalue weighted by molar-refractivity contribution is 7.11. The highest BCUT2D eigenvalue weighted by Gasteiger charge is 2.30. The minimum atomic E-state index is 0.537. The summed E-state index contributed by atoms with van der Waals surface area (Å²) in [5.41, 5.74) is 1.25. The summed E-state index contributed by atoms with van der Waals surface area (Å²) in [4.78, 5) is 6.15. The third kappa shape index (κ3) is 3.82. The Kier molecular flexibility index (Phi) is 6.03. The predicted octanol–water partition coefficient (Wildman–Crippen LogP) is 5.02. The Morgan fingerprint density at radius 3 is 2.70 bits per heavy atom. The first-order valence-corrected chi connectivity index (χ1v) is 9.14. The second-order valence-electron chi connectivity index (χ2n) is 6.32. The fourth-order valence-corrected chi connectivity index (χ4v) is 4.71. The van der Waals surface area contributed by atoms with Crippen LogP contribution >= 0.6 is 11.3 Å². The maximum Gasteiger partial charge on any atom is 0.0900 e. The van der Waals surface area contributed by atoms with E-state index in [4.69, 9.17) is 0 Å². The first kappa shape index (κ1) is 16.0. The number of thiazole rings is 1. The molecule has 0 spiro atoms. The summed E-state index contributed by atoms with van der Waals surface area (Å²) in [6.07, 6.45) is 8.18. The average molecular weight is 295 g/mol. The van der Waals surface area contributed by atoms with Crippen LogP contribution in [0.1, 0.15) is 74.0 Å². The summed E-state index contributed by atoms with van der Waals surface area (Å²) in [6, 6.07) is 0.537. The molecule has 1 aromatic rings. The maximum atomic E-state index is 4.65. The van der Waals surface area contributed by atoms with Crippen molar-refractivity contribution in [3.63, 3.8) is 0 Å². The minimum absolute atomic E-state index is 0.537. The molecule has 2 rings (SSSR count). The van der Waals surface area contributed by atoms with Crippen LogP contribution in [0.15, 0.2) is 0 Å². The summed E-state index contributed by atoms with van der Waals surface area (Å²) in [5, 5.41) is 5.04.